The van der Waals surface area contributed by atoms with Crippen LogP contribution in [-0.2, 0) is 6.61 Å². The van der Waals surface area contributed by atoms with E-state index in [0.29, 0.717) is 12.5 Å². The number of nitrogens with zero attached hydrogens (tertiary/aromatic N) is 1. The summed E-state index contributed by atoms with van der Waals surface area (Å²) in [4.78, 5) is 4.40. The third-order valence-corrected chi connectivity index (χ3v) is 2.45. The van der Waals surface area contributed by atoms with E-state index in [0.717, 1.165) is 16.8 Å². The molecule has 1 aromatic carbocycles. The van der Waals surface area contributed by atoms with Crippen LogP contribution in [0.2, 0.25) is 0 Å². The predicted octanol–water partition coefficient (Wildman–Crippen LogP) is 2.64. The third kappa shape index (κ3) is 2.82. The van der Waals surface area contributed by atoms with Crippen molar-refractivity contribution >= 4 is 0 Å². The van der Waals surface area contributed by atoms with Gasteiger partial charge in [-0.15, -0.1) is 0 Å². The van der Waals surface area contributed by atoms with E-state index >= 15 is 0 Å². The molecule has 0 fully saturated rings. The molecular formula is C14H15NO2. The van der Waals surface area contributed by atoms with Crippen molar-refractivity contribution in [1.29, 1.82) is 0 Å². The van der Waals surface area contributed by atoms with E-state index in [4.69, 9.17) is 9.84 Å². The minimum Gasteiger partial charge on any atom is -0.478 e. The van der Waals surface area contributed by atoms with Gasteiger partial charge in [0.15, 0.2) is 0 Å². The van der Waals surface area contributed by atoms with Crippen molar-refractivity contribution < 1.29 is 9.84 Å². The summed E-state index contributed by atoms with van der Waals surface area (Å²) in [7, 11) is 0. The van der Waals surface area contributed by atoms with Crippen LogP contribution in [-0.4, -0.2) is 16.7 Å². The summed E-state index contributed by atoms with van der Waals surface area (Å²) in [5.41, 5.74) is 2.79. The molecule has 0 unspecified atom stereocenters. The van der Waals surface area contributed by atoms with Crippen molar-refractivity contribution in [1.82, 2.24) is 4.98 Å². The molecule has 0 aliphatic heterocycles. The summed E-state index contributed by atoms with van der Waals surface area (Å²) in [5.74, 6) is 0.635. The first-order valence-corrected chi connectivity index (χ1v) is 5.63. The van der Waals surface area contributed by atoms with Crippen molar-refractivity contribution in [3.05, 3.63) is 48.0 Å². The van der Waals surface area contributed by atoms with E-state index in [-0.39, 0.29) is 6.61 Å². The van der Waals surface area contributed by atoms with Gasteiger partial charge in [0.25, 0.3) is 0 Å². The number of aromatic nitrogens is 1. The van der Waals surface area contributed by atoms with Crippen LogP contribution in [0.15, 0.2) is 42.5 Å². The number of ether oxygens (including phenoxy) is 1. The molecule has 0 aliphatic rings. The Hall–Kier alpha value is -1.87. The molecule has 0 aliphatic carbocycles. The maximum atomic E-state index is 8.98. The highest BCUT2D eigenvalue weighted by Crippen LogP contribution is 2.20. The van der Waals surface area contributed by atoms with Crippen LogP contribution >= 0.6 is 0 Å². The first-order chi connectivity index (χ1) is 8.33. The molecule has 0 atom stereocenters. The molecule has 0 spiro atoms. The van der Waals surface area contributed by atoms with Crippen molar-refractivity contribution in [2.75, 3.05) is 6.61 Å². The minimum absolute atomic E-state index is 0.0622. The molecule has 1 heterocycles. The fourth-order valence-electron chi connectivity index (χ4n) is 1.58. The van der Waals surface area contributed by atoms with E-state index in [9.17, 15) is 0 Å². The minimum atomic E-state index is 0.0622. The number of hydrogen-bond acceptors (Lipinski definition) is 3. The molecule has 3 nitrogen and oxygen atoms in total. The van der Waals surface area contributed by atoms with Gasteiger partial charge >= 0.3 is 0 Å². The van der Waals surface area contributed by atoms with Crippen molar-refractivity contribution in [3.63, 3.8) is 0 Å². The van der Waals surface area contributed by atoms with E-state index < -0.39 is 0 Å². The molecule has 1 aromatic heterocycles. The van der Waals surface area contributed by atoms with Crippen LogP contribution < -0.4 is 4.74 Å². The fraction of sp³-hybridized carbons (Fsp3) is 0.214. The van der Waals surface area contributed by atoms with E-state index in [2.05, 4.69) is 4.98 Å². The highest BCUT2D eigenvalue weighted by Gasteiger charge is 2.01. The van der Waals surface area contributed by atoms with Gasteiger partial charge in [0.05, 0.1) is 18.9 Å². The van der Waals surface area contributed by atoms with E-state index in [1.165, 1.54) is 0 Å². The van der Waals surface area contributed by atoms with Crippen LogP contribution in [0.25, 0.3) is 11.3 Å². The summed E-state index contributed by atoms with van der Waals surface area (Å²) in [6, 6.07) is 13.4. The Morgan fingerprint density at radius 3 is 2.53 bits per heavy atom. The van der Waals surface area contributed by atoms with Crippen LogP contribution in [0.1, 0.15) is 12.5 Å². The van der Waals surface area contributed by atoms with Crippen LogP contribution in [0.3, 0.4) is 0 Å². The predicted molar refractivity (Wildman–Crippen MR) is 66.8 cm³/mol. The quantitative estimate of drug-likeness (QED) is 0.876. The smallest absolute Gasteiger partial charge is 0.213 e. The molecule has 0 radical (unpaired) electrons. The standard InChI is InChI=1S/C14H15NO2/c1-2-17-14-5-3-4-13(15-14)12-8-6-11(10-16)7-9-12/h3-9,16H,2,10H2,1H3. The van der Waals surface area contributed by atoms with Gasteiger partial charge < -0.3 is 9.84 Å². The molecule has 2 rings (SSSR count). The lowest BCUT2D eigenvalue weighted by atomic mass is 10.1. The molecule has 0 saturated carbocycles. The molecule has 0 bridgehead atoms. The normalized spacial score (nSPS) is 10.2. The summed E-state index contributed by atoms with van der Waals surface area (Å²) in [6.07, 6.45) is 0. The van der Waals surface area contributed by atoms with Crippen LogP contribution in [0.5, 0.6) is 5.88 Å². The zero-order valence-corrected chi connectivity index (χ0v) is 9.76. The lowest BCUT2D eigenvalue weighted by Crippen LogP contribution is -1.95. The first kappa shape index (κ1) is 11.6. The van der Waals surface area contributed by atoms with Gasteiger partial charge in [0.2, 0.25) is 5.88 Å². The number of rotatable bonds is 4. The Morgan fingerprint density at radius 1 is 1.12 bits per heavy atom. The monoisotopic (exact) mass is 229 g/mol. The lowest BCUT2D eigenvalue weighted by molar-refractivity contribution is 0.282. The number of aliphatic hydroxyl groups excluding tert-OH is 1. The molecule has 0 saturated heterocycles. The van der Waals surface area contributed by atoms with Gasteiger partial charge in [0, 0.05) is 11.6 Å². The van der Waals surface area contributed by atoms with Gasteiger partial charge in [-0.25, -0.2) is 4.98 Å². The number of aliphatic hydroxyl groups is 1. The summed E-state index contributed by atoms with van der Waals surface area (Å²) < 4.78 is 5.36. The number of pyridine rings is 1. The second-order valence-electron chi connectivity index (χ2n) is 3.65. The SMILES string of the molecule is CCOc1cccc(-c2ccc(CO)cc2)n1. The molecule has 1 N–H and O–H groups in total. The van der Waals surface area contributed by atoms with Gasteiger partial charge in [-0.1, -0.05) is 30.3 Å². The summed E-state index contributed by atoms with van der Waals surface area (Å²) >= 11 is 0. The Labute approximate surface area is 101 Å². The third-order valence-electron chi connectivity index (χ3n) is 2.45. The highest BCUT2D eigenvalue weighted by molar-refractivity contribution is 5.59. The average Bonchev–Trinajstić information content (AvgIpc) is 2.40. The Morgan fingerprint density at radius 2 is 1.88 bits per heavy atom. The summed E-state index contributed by atoms with van der Waals surface area (Å²) in [5, 5.41) is 8.98. The zero-order valence-electron chi connectivity index (χ0n) is 9.76. The topological polar surface area (TPSA) is 42.4 Å². The molecule has 17 heavy (non-hydrogen) atoms. The van der Waals surface area contributed by atoms with E-state index in [1.807, 2.05) is 49.4 Å². The number of benzene rings is 1. The molecule has 88 valence electrons. The summed E-state index contributed by atoms with van der Waals surface area (Å²) in [6.45, 7) is 2.61. The maximum Gasteiger partial charge on any atom is 0.213 e. The van der Waals surface area contributed by atoms with Crippen molar-refractivity contribution in [2.45, 2.75) is 13.5 Å². The fourth-order valence-corrected chi connectivity index (χ4v) is 1.58. The second-order valence-corrected chi connectivity index (χ2v) is 3.65. The first-order valence-electron chi connectivity index (χ1n) is 5.63. The zero-order chi connectivity index (χ0) is 12.1. The van der Waals surface area contributed by atoms with Gasteiger partial charge in [-0.3, -0.25) is 0 Å². The molecular weight excluding hydrogens is 214 g/mol. The molecule has 3 heteroatoms. The van der Waals surface area contributed by atoms with Crippen molar-refractivity contribution in [2.24, 2.45) is 0 Å². The average molecular weight is 229 g/mol. The van der Waals surface area contributed by atoms with Crippen LogP contribution in [0.4, 0.5) is 0 Å². The number of hydrogen-bond donors (Lipinski definition) is 1. The largest absolute Gasteiger partial charge is 0.478 e. The van der Waals surface area contributed by atoms with Gasteiger partial charge in [-0.05, 0) is 18.6 Å². The Balaban J connectivity index is 2.28. The Bertz CT molecular complexity index is 480. The highest BCUT2D eigenvalue weighted by atomic mass is 16.5. The van der Waals surface area contributed by atoms with Gasteiger partial charge in [0.1, 0.15) is 0 Å². The van der Waals surface area contributed by atoms with Crippen LogP contribution in [0, 0.1) is 0 Å². The van der Waals surface area contributed by atoms with E-state index in [1.54, 1.807) is 0 Å². The van der Waals surface area contributed by atoms with Gasteiger partial charge in [-0.2, -0.15) is 0 Å². The molecule has 0 amide bonds. The maximum absolute atomic E-state index is 8.98. The molecule has 2 aromatic rings. The van der Waals surface area contributed by atoms with Crippen molar-refractivity contribution in [3.8, 4) is 17.1 Å². The lowest BCUT2D eigenvalue weighted by Gasteiger charge is -2.05. The second kappa shape index (κ2) is 5.46. The Kier molecular flexibility index (Phi) is 3.73.